The van der Waals surface area contributed by atoms with Gasteiger partial charge in [-0.1, -0.05) is 61.5 Å². The van der Waals surface area contributed by atoms with Gasteiger partial charge in [-0.3, -0.25) is 9.98 Å². The van der Waals surface area contributed by atoms with E-state index in [-0.39, 0.29) is 17.7 Å². The molecule has 2 atom stereocenters. The summed E-state index contributed by atoms with van der Waals surface area (Å²) in [5.41, 5.74) is 5.01. The van der Waals surface area contributed by atoms with Gasteiger partial charge in [0, 0.05) is 34.1 Å². The first-order valence-corrected chi connectivity index (χ1v) is 11.8. The van der Waals surface area contributed by atoms with Gasteiger partial charge in [0.05, 0.1) is 5.52 Å². The predicted octanol–water partition coefficient (Wildman–Crippen LogP) is 6.44. The number of para-hydroxylation sites is 1. The van der Waals surface area contributed by atoms with Gasteiger partial charge < -0.3 is 5.32 Å². The van der Waals surface area contributed by atoms with Gasteiger partial charge in [-0.2, -0.15) is 0 Å². The molecule has 2 unspecified atom stereocenters. The molecule has 0 aliphatic carbocycles. The maximum atomic E-state index is 8.72. The lowest BCUT2D eigenvalue weighted by Gasteiger charge is -2.27. The second-order valence-corrected chi connectivity index (χ2v) is 8.87. The molecule has 0 saturated heterocycles. The average molecular weight is 456 g/mol. The quantitative estimate of drug-likeness (QED) is 0.243. The number of fused-ring (bicyclic) bond motifs is 3. The van der Waals surface area contributed by atoms with Crippen molar-refractivity contribution in [3.05, 3.63) is 121 Å². The zero-order valence-electron chi connectivity index (χ0n) is 19.4. The van der Waals surface area contributed by atoms with Crippen LogP contribution >= 0.6 is 0 Å². The van der Waals surface area contributed by atoms with Crippen LogP contribution in [-0.2, 0) is 0 Å². The maximum absolute atomic E-state index is 8.72. The summed E-state index contributed by atoms with van der Waals surface area (Å²) < 4.78 is 2.17. The molecule has 6 rings (SSSR count). The summed E-state index contributed by atoms with van der Waals surface area (Å²) in [4.78, 5) is 9.38. The Bertz CT molecular complexity index is 1540. The van der Waals surface area contributed by atoms with Gasteiger partial charge >= 0.3 is 0 Å². The average Bonchev–Trinajstić information content (AvgIpc) is 3.24. The van der Waals surface area contributed by atoms with Gasteiger partial charge in [-0.05, 0) is 60.1 Å². The van der Waals surface area contributed by atoms with Gasteiger partial charge in [0.25, 0.3) is 0 Å². The van der Waals surface area contributed by atoms with Crippen molar-refractivity contribution >= 4 is 33.6 Å². The van der Waals surface area contributed by atoms with Gasteiger partial charge in [-0.25, -0.2) is 9.98 Å². The van der Waals surface area contributed by atoms with Crippen LogP contribution in [0.3, 0.4) is 0 Å². The van der Waals surface area contributed by atoms with Crippen LogP contribution in [0.4, 0.5) is 0 Å². The summed E-state index contributed by atoms with van der Waals surface area (Å²) in [6, 6.07) is 30.8. The minimum absolute atomic E-state index is 0.0875. The molecular weight excluding hydrogens is 430 g/mol. The summed E-state index contributed by atoms with van der Waals surface area (Å²) in [5.74, 6) is 1.41. The Morgan fingerprint density at radius 3 is 2.46 bits per heavy atom. The van der Waals surface area contributed by atoms with E-state index in [4.69, 9.17) is 10.4 Å². The molecule has 0 radical (unpaired) electrons. The number of hydrogen-bond donors (Lipinski definition) is 2. The first kappa shape index (κ1) is 21.1. The van der Waals surface area contributed by atoms with E-state index in [1.807, 2.05) is 67.0 Å². The van der Waals surface area contributed by atoms with Gasteiger partial charge in [0.15, 0.2) is 5.84 Å². The van der Waals surface area contributed by atoms with E-state index in [2.05, 4.69) is 64.3 Å². The van der Waals surface area contributed by atoms with E-state index in [1.165, 1.54) is 10.9 Å². The van der Waals surface area contributed by atoms with Crippen LogP contribution in [0.2, 0.25) is 0 Å². The minimum atomic E-state index is 0.0875. The van der Waals surface area contributed by atoms with Crippen LogP contribution in [0, 0.1) is 11.3 Å². The minimum Gasteiger partial charge on any atom is -0.350 e. The summed E-state index contributed by atoms with van der Waals surface area (Å²) in [5, 5.41) is 14.3. The van der Waals surface area contributed by atoms with Crippen molar-refractivity contribution in [2.75, 3.05) is 0 Å². The van der Waals surface area contributed by atoms with Gasteiger partial charge in [0.1, 0.15) is 11.5 Å². The van der Waals surface area contributed by atoms with E-state index in [9.17, 15) is 0 Å². The lowest BCUT2D eigenvalue weighted by Crippen LogP contribution is -2.33. The standard InChI is InChI=1S/C30H25N5/c1-20-17-19-32-29(27(20)21-8-3-2-4-9-21)34-28(31)22-13-15-23(16-14-22)35-26-12-6-5-10-24(26)25-11-7-18-33-30(25)35/h2-20,27H,1H3,(H2,31,32,34). The third kappa shape index (κ3) is 3.71. The third-order valence-corrected chi connectivity index (χ3v) is 6.67. The highest BCUT2D eigenvalue weighted by atomic mass is 15.0. The molecule has 2 N–H and O–H groups in total. The summed E-state index contributed by atoms with van der Waals surface area (Å²) in [6.45, 7) is 2.18. The molecule has 35 heavy (non-hydrogen) atoms. The SMILES string of the molecule is CC1C=CN/C(=N\C(=N)c2ccc(-n3c4ccccc4c4cccnc43)cc2)C1c1ccccc1. The molecule has 3 aromatic carbocycles. The molecule has 0 amide bonds. The lowest BCUT2D eigenvalue weighted by molar-refractivity contribution is 0.640. The Kier molecular flexibility index (Phi) is 5.23. The number of aliphatic imine (C=N–C) groups is 1. The Morgan fingerprint density at radius 1 is 0.886 bits per heavy atom. The Morgan fingerprint density at radius 2 is 1.63 bits per heavy atom. The summed E-state index contributed by atoms with van der Waals surface area (Å²) in [6.07, 6.45) is 5.90. The molecule has 0 spiro atoms. The van der Waals surface area contributed by atoms with Crippen LogP contribution in [0.5, 0.6) is 0 Å². The summed E-state index contributed by atoms with van der Waals surface area (Å²) >= 11 is 0. The van der Waals surface area contributed by atoms with E-state index in [1.54, 1.807) is 0 Å². The van der Waals surface area contributed by atoms with Crippen molar-refractivity contribution in [3.63, 3.8) is 0 Å². The largest absolute Gasteiger partial charge is 0.350 e. The van der Waals surface area contributed by atoms with Crippen LogP contribution < -0.4 is 5.32 Å². The number of allylic oxidation sites excluding steroid dienone is 1. The number of benzene rings is 3. The predicted molar refractivity (Wildman–Crippen MR) is 143 cm³/mol. The highest BCUT2D eigenvalue weighted by molar-refractivity contribution is 6.08. The number of nitrogens with zero attached hydrogens (tertiary/aromatic N) is 3. The number of amidine groups is 2. The number of hydrogen-bond acceptors (Lipinski definition) is 2. The van der Waals surface area contributed by atoms with Gasteiger partial charge in [0.2, 0.25) is 0 Å². The normalized spacial score (nSPS) is 18.7. The fourth-order valence-corrected chi connectivity index (χ4v) is 4.97. The van der Waals surface area contributed by atoms with E-state index in [0.717, 1.165) is 33.6 Å². The molecular formula is C30H25N5. The number of pyridine rings is 1. The first-order chi connectivity index (χ1) is 17.2. The highest BCUT2D eigenvalue weighted by Gasteiger charge is 2.26. The zero-order chi connectivity index (χ0) is 23.8. The monoisotopic (exact) mass is 455 g/mol. The van der Waals surface area contributed by atoms with Crippen LogP contribution in [0.1, 0.15) is 24.0 Å². The van der Waals surface area contributed by atoms with Crippen LogP contribution in [0.25, 0.3) is 27.6 Å². The van der Waals surface area contributed by atoms with Crippen molar-refractivity contribution in [1.29, 1.82) is 5.41 Å². The van der Waals surface area contributed by atoms with Crippen molar-refractivity contribution in [2.45, 2.75) is 12.8 Å². The molecule has 170 valence electrons. The third-order valence-electron chi connectivity index (χ3n) is 6.67. The Labute approximate surface area is 204 Å². The van der Waals surface area contributed by atoms with Crippen molar-refractivity contribution in [1.82, 2.24) is 14.9 Å². The zero-order valence-corrected chi connectivity index (χ0v) is 19.4. The smallest absolute Gasteiger partial charge is 0.153 e. The molecule has 0 saturated carbocycles. The molecule has 5 heteroatoms. The molecule has 1 aliphatic rings. The molecule has 0 fully saturated rings. The Balaban J connectivity index is 1.36. The van der Waals surface area contributed by atoms with Crippen molar-refractivity contribution < 1.29 is 0 Å². The molecule has 5 aromatic rings. The second kappa shape index (κ2) is 8.69. The van der Waals surface area contributed by atoms with Crippen LogP contribution in [0.15, 0.2) is 114 Å². The maximum Gasteiger partial charge on any atom is 0.153 e. The molecule has 2 aromatic heterocycles. The van der Waals surface area contributed by atoms with E-state index >= 15 is 0 Å². The molecule has 0 bridgehead atoms. The molecule has 3 heterocycles. The van der Waals surface area contributed by atoms with E-state index < -0.39 is 0 Å². The van der Waals surface area contributed by atoms with E-state index in [0.29, 0.717) is 0 Å². The molecule has 5 nitrogen and oxygen atoms in total. The second-order valence-electron chi connectivity index (χ2n) is 8.87. The highest BCUT2D eigenvalue weighted by Crippen LogP contribution is 2.31. The number of aromatic nitrogens is 2. The van der Waals surface area contributed by atoms with Crippen LogP contribution in [-0.4, -0.2) is 21.2 Å². The summed E-state index contributed by atoms with van der Waals surface area (Å²) in [7, 11) is 0. The van der Waals surface area contributed by atoms with Crippen molar-refractivity contribution in [3.8, 4) is 5.69 Å². The molecule has 1 aliphatic heterocycles. The fraction of sp³-hybridized carbons (Fsp3) is 0.100. The van der Waals surface area contributed by atoms with Crippen molar-refractivity contribution in [2.24, 2.45) is 10.9 Å². The number of nitrogens with one attached hydrogen (secondary N) is 2. The van der Waals surface area contributed by atoms with Gasteiger partial charge in [-0.15, -0.1) is 0 Å². The lowest BCUT2D eigenvalue weighted by atomic mass is 9.84. The first-order valence-electron chi connectivity index (χ1n) is 11.8. The fourth-order valence-electron chi connectivity index (χ4n) is 4.97. The Hall–Kier alpha value is -4.51. The number of rotatable bonds is 3. The topological polar surface area (TPSA) is 66.1 Å².